The van der Waals surface area contributed by atoms with E-state index in [0.717, 1.165) is 0 Å². The number of nitrogens with zero attached hydrogens (tertiary/aromatic N) is 1. The molecule has 0 saturated carbocycles. The molecule has 0 unspecified atom stereocenters. The van der Waals surface area contributed by atoms with Gasteiger partial charge in [0.15, 0.2) is 0 Å². The molecule has 1 aromatic rings. The third-order valence-corrected chi connectivity index (χ3v) is 2.04. The summed E-state index contributed by atoms with van der Waals surface area (Å²) in [6.07, 6.45) is 1.58. The second kappa shape index (κ2) is 3.95. The first-order valence-corrected chi connectivity index (χ1v) is 4.13. The van der Waals surface area contributed by atoms with E-state index in [1.807, 2.05) is 0 Å². The standard InChI is InChI=1S/C9H11NO4/c1-6-7(9(13)14)2-4-10(6)5-3-8(11)12/h2,4H,3,5H2,1H3,(H,11,12)(H,13,14). The smallest absolute Gasteiger partial charge is 0.337 e. The average Bonchev–Trinajstić information content (AvgIpc) is 2.43. The number of hydrogen-bond donors (Lipinski definition) is 2. The number of carboxylic acids is 2. The minimum atomic E-state index is -0.989. The summed E-state index contributed by atoms with van der Waals surface area (Å²) in [7, 11) is 0. The van der Waals surface area contributed by atoms with Crippen molar-refractivity contribution in [2.75, 3.05) is 0 Å². The number of aromatic nitrogens is 1. The molecule has 0 fully saturated rings. The highest BCUT2D eigenvalue weighted by atomic mass is 16.4. The lowest BCUT2D eigenvalue weighted by Crippen LogP contribution is -2.06. The van der Waals surface area contributed by atoms with Gasteiger partial charge in [0.1, 0.15) is 0 Å². The van der Waals surface area contributed by atoms with Gasteiger partial charge >= 0.3 is 11.9 Å². The van der Waals surface area contributed by atoms with Crippen molar-refractivity contribution in [1.29, 1.82) is 0 Å². The third kappa shape index (κ3) is 2.12. The summed E-state index contributed by atoms with van der Waals surface area (Å²) in [5.41, 5.74) is 0.800. The molecule has 0 bridgehead atoms. The first-order valence-electron chi connectivity index (χ1n) is 4.13. The summed E-state index contributed by atoms with van der Waals surface area (Å²) in [6, 6.07) is 1.47. The summed E-state index contributed by atoms with van der Waals surface area (Å²) < 4.78 is 1.62. The van der Waals surface area contributed by atoms with Gasteiger partial charge in [-0.1, -0.05) is 0 Å². The molecular weight excluding hydrogens is 186 g/mol. The van der Waals surface area contributed by atoms with Crippen molar-refractivity contribution in [3.8, 4) is 0 Å². The Kier molecular flexibility index (Phi) is 2.91. The Morgan fingerprint density at radius 3 is 2.50 bits per heavy atom. The lowest BCUT2D eigenvalue weighted by Gasteiger charge is -2.03. The summed E-state index contributed by atoms with van der Waals surface area (Å²) in [5, 5.41) is 17.2. The lowest BCUT2D eigenvalue weighted by molar-refractivity contribution is -0.137. The van der Waals surface area contributed by atoms with Crippen molar-refractivity contribution in [3.63, 3.8) is 0 Å². The Labute approximate surface area is 80.6 Å². The number of aliphatic carboxylic acids is 1. The molecule has 0 radical (unpaired) electrons. The Hall–Kier alpha value is -1.78. The van der Waals surface area contributed by atoms with Gasteiger partial charge in [-0.05, 0) is 13.0 Å². The number of carbonyl (C=O) groups is 2. The molecule has 0 aromatic carbocycles. The average molecular weight is 197 g/mol. The van der Waals surface area contributed by atoms with Gasteiger partial charge in [0.2, 0.25) is 0 Å². The molecule has 0 aliphatic rings. The summed E-state index contributed by atoms with van der Waals surface area (Å²) in [6.45, 7) is 1.96. The maximum Gasteiger partial charge on any atom is 0.337 e. The van der Waals surface area contributed by atoms with Crippen LogP contribution in [0.3, 0.4) is 0 Å². The van der Waals surface area contributed by atoms with Gasteiger partial charge in [-0.3, -0.25) is 4.79 Å². The van der Waals surface area contributed by atoms with E-state index < -0.39 is 11.9 Å². The summed E-state index contributed by atoms with van der Waals surface area (Å²) in [5.74, 6) is -1.88. The van der Waals surface area contributed by atoms with Gasteiger partial charge in [0.05, 0.1) is 12.0 Å². The highest BCUT2D eigenvalue weighted by molar-refractivity contribution is 5.88. The van der Waals surface area contributed by atoms with E-state index in [0.29, 0.717) is 12.2 Å². The summed E-state index contributed by atoms with van der Waals surface area (Å²) >= 11 is 0. The molecule has 2 N–H and O–H groups in total. The molecule has 5 nitrogen and oxygen atoms in total. The minimum absolute atomic E-state index is 0.00538. The third-order valence-electron chi connectivity index (χ3n) is 2.04. The van der Waals surface area contributed by atoms with E-state index in [2.05, 4.69) is 0 Å². The van der Waals surface area contributed by atoms with Crippen LogP contribution >= 0.6 is 0 Å². The van der Waals surface area contributed by atoms with Crippen molar-refractivity contribution >= 4 is 11.9 Å². The van der Waals surface area contributed by atoms with Crippen LogP contribution in [0.1, 0.15) is 22.5 Å². The van der Waals surface area contributed by atoms with Crippen LogP contribution in [0.15, 0.2) is 12.3 Å². The Balaban J connectivity index is 2.79. The van der Waals surface area contributed by atoms with Gasteiger partial charge in [-0.25, -0.2) is 4.79 Å². The van der Waals surface area contributed by atoms with Crippen LogP contribution in [0.5, 0.6) is 0 Å². The zero-order valence-electron chi connectivity index (χ0n) is 7.73. The molecule has 1 rings (SSSR count). The van der Waals surface area contributed by atoms with E-state index in [4.69, 9.17) is 10.2 Å². The molecule has 0 atom stereocenters. The van der Waals surface area contributed by atoms with Crippen molar-refractivity contribution < 1.29 is 19.8 Å². The topological polar surface area (TPSA) is 79.5 Å². The van der Waals surface area contributed by atoms with Crippen LogP contribution < -0.4 is 0 Å². The normalized spacial score (nSPS) is 10.1. The fraction of sp³-hybridized carbons (Fsp3) is 0.333. The van der Waals surface area contributed by atoms with Gasteiger partial charge in [-0.2, -0.15) is 0 Å². The van der Waals surface area contributed by atoms with Crippen molar-refractivity contribution in [1.82, 2.24) is 4.57 Å². The van der Waals surface area contributed by atoms with E-state index in [1.54, 1.807) is 17.7 Å². The predicted octanol–water partition coefficient (Wildman–Crippen LogP) is 0.969. The van der Waals surface area contributed by atoms with Crippen LogP contribution in [0, 0.1) is 6.92 Å². The summed E-state index contributed by atoms with van der Waals surface area (Å²) in [4.78, 5) is 20.9. The molecule has 5 heteroatoms. The fourth-order valence-electron chi connectivity index (χ4n) is 1.24. The van der Waals surface area contributed by atoms with E-state index >= 15 is 0 Å². The Morgan fingerprint density at radius 1 is 1.43 bits per heavy atom. The molecule has 1 heterocycles. The maximum absolute atomic E-state index is 10.6. The SMILES string of the molecule is Cc1c(C(=O)O)ccn1CCC(=O)O. The van der Waals surface area contributed by atoms with E-state index in [-0.39, 0.29) is 12.0 Å². The zero-order chi connectivity index (χ0) is 10.7. The van der Waals surface area contributed by atoms with Crippen molar-refractivity contribution in [2.24, 2.45) is 0 Å². The number of aromatic carboxylic acids is 1. The van der Waals surface area contributed by atoms with Crippen LogP contribution in [0.2, 0.25) is 0 Å². The molecule has 1 aromatic heterocycles. The fourth-order valence-corrected chi connectivity index (χ4v) is 1.24. The zero-order valence-corrected chi connectivity index (χ0v) is 7.73. The number of hydrogen-bond acceptors (Lipinski definition) is 2. The molecule has 0 amide bonds. The number of aryl methyl sites for hydroxylation is 1. The van der Waals surface area contributed by atoms with Crippen molar-refractivity contribution in [3.05, 3.63) is 23.5 Å². The largest absolute Gasteiger partial charge is 0.481 e. The number of carboxylic acid groups (broad SMARTS) is 2. The lowest BCUT2D eigenvalue weighted by atomic mass is 10.2. The van der Waals surface area contributed by atoms with Gasteiger partial charge in [0.25, 0.3) is 0 Å². The molecule has 0 saturated heterocycles. The molecule has 0 aliphatic carbocycles. The number of rotatable bonds is 4. The maximum atomic E-state index is 10.6. The van der Waals surface area contributed by atoms with Crippen LogP contribution in [-0.2, 0) is 11.3 Å². The van der Waals surface area contributed by atoms with E-state index in [9.17, 15) is 9.59 Å². The first kappa shape index (κ1) is 10.3. The second-order valence-corrected chi connectivity index (χ2v) is 2.96. The molecule has 14 heavy (non-hydrogen) atoms. The predicted molar refractivity (Wildman–Crippen MR) is 48.4 cm³/mol. The van der Waals surface area contributed by atoms with Crippen LogP contribution in [0.4, 0.5) is 0 Å². The van der Waals surface area contributed by atoms with E-state index in [1.165, 1.54) is 6.07 Å². The van der Waals surface area contributed by atoms with Gasteiger partial charge in [0, 0.05) is 18.4 Å². The molecule has 76 valence electrons. The quantitative estimate of drug-likeness (QED) is 0.753. The van der Waals surface area contributed by atoms with Gasteiger partial charge in [-0.15, -0.1) is 0 Å². The monoisotopic (exact) mass is 197 g/mol. The highest BCUT2D eigenvalue weighted by Crippen LogP contribution is 2.10. The first-order chi connectivity index (χ1) is 6.52. The van der Waals surface area contributed by atoms with Crippen molar-refractivity contribution in [2.45, 2.75) is 19.9 Å². The van der Waals surface area contributed by atoms with Crippen LogP contribution in [0.25, 0.3) is 0 Å². The molecule has 0 aliphatic heterocycles. The highest BCUT2D eigenvalue weighted by Gasteiger charge is 2.11. The molecular formula is C9H11NO4. The van der Waals surface area contributed by atoms with Crippen LogP contribution in [-0.4, -0.2) is 26.7 Å². The minimum Gasteiger partial charge on any atom is -0.481 e. The Morgan fingerprint density at radius 2 is 2.07 bits per heavy atom. The van der Waals surface area contributed by atoms with Gasteiger partial charge < -0.3 is 14.8 Å². The second-order valence-electron chi connectivity index (χ2n) is 2.96. The Bertz CT molecular complexity index is 367. The molecule has 0 spiro atoms.